The van der Waals surface area contributed by atoms with E-state index in [9.17, 15) is 10.2 Å². The standard InChI is InChI=1S/C26H23N3O2/c1-18(2)25(31)15-9-19-8-14-24-23(16-19)26(28-17-27-24)29(20-6-4-3-5-7-20)21-10-12-22(30)13-11-21/h3-8,10-14,16-18,25,30-31H,1-2H3. The Morgan fingerprint density at radius 3 is 2.29 bits per heavy atom. The van der Waals surface area contributed by atoms with E-state index in [1.807, 2.05) is 79.4 Å². The Labute approximate surface area is 181 Å². The van der Waals surface area contributed by atoms with E-state index in [-0.39, 0.29) is 11.7 Å². The van der Waals surface area contributed by atoms with E-state index < -0.39 is 6.10 Å². The third-order valence-corrected chi connectivity index (χ3v) is 4.94. The smallest absolute Gasteiger partial charge is 0.148 e. The first kappa shape index (κ1) is 20.4. The van der Waals surface area contributed by atoms with Crippen LogP contribution in [0.3, 0.4) is 0 Å². The lowest BCUT2D eigenvalue weighted by Crippen LogP contribution is -2.12. The van der Waals surface area contributed by atoms with Gasteiger partial charge in [-0.3, -0.25) is 4.90 Å². The summed E-state index contributed by atoms with van der Waals surface area (Å²) in [6, 6.07) is 22.7. The zero-order valence-electron chi connectivity index (χ0n) is 17.4. The maximum absolute atomic E-state index is 10.0. The number of phenols is 1. The fraction of sp³-hybridized carbons (Fsp3) is 0.154. The molecule has 1 unspecified atom stereocenters. The van der Waals surface area contributed by atoms with E-state index in [1.54, 1.807) is 18.5 Å². The molecule has 0 saturated heterocycles. The average Bonchev–Trinajstić information content (AvgIpc) is 2.79. The third kappa shape index (κ3) is 4.50. The number of nitrogens with zero attached hydrogens (tertiary/aromatic N) is 3. The first-order valence-corrected chi connectivity index (χ1v) is 10.1. The average molecular weight is 409 g/mol. The highest BCUT2D eigenvalue weighted by Gasteiger charge is 2.17. The number of aliphatic hydroxyl groups excluding tert-OH is 1. The monoisotopic (exact) mass is 409 g/mol. The van der Waals surface area contributed by atoms with E-state index in [0.717, 1.165) is 27.8 Å². The molecule has 0 saturated carbocycles. The maximum atomic E-state index is 10.0. The molecule has 0 aliphatic carbocycles. The van der Waals surface area contributed by atoms with Gasteiger partial charge < -0.3 is 10.2 Å². The third-order valence-electron chi connectivity index (χ3n) is 4.94. The molecule has 0 fully saturated rings. The molecule has 0 radical (unpaired) electrons. The van der Waals surface area contributed by atoms with Crippen LogP contribution < -0.4 is 4.90 Å². The van der Waals surface area contributed by atoms with Crippen molar-refractivity contribution >= 4 is 28.1 Å². The summed E-state index contributed by atoms with van der Waals surface area (Å²) in [5.41, 5.74) is 3.36. The predicted molar refractivity (Wildman–Crippen MR) is 124 cm³/mol. The van der Waals surface area contributed by atoms with Crippen molar-refractivity contribution < 1.29 is 10.2 Å². The molecule has 5 nitrogen and oxygen atoms in total. The van der Waals surface area contributed by atoms with E-state index in [0.29, 0.717) is 5.82 Å². The molecule has 0 bridgehead atoms. The number of anilines is 3. The van der Waals surface area contributed by atoms with Crippen molar-refractivity contribution in [1.82, 2.24) is 9.97 Å². The van der Waals surface area contributed by atoms with Crippen molar-refractivity contribution in [3.8, 4) is 17.6 Å². The van der Waals surface area contributed by atoms with Crippen LogP contribution in [-0.4, -0.2) is 26.3 Å². The molecule has 0 aliphatic rings. The van der Waals surface area contributed by atoms with Gasteiger partial charge in [-0.1, -0.05) is 43.9 Å². The largest absolute Gasteiger partial charge is 0.508 e. The number of hydrogen-bond donors (Lipinski definition) is 2. The van der Waals surface area contributed by atoms with Gasteiger partial charge in [-0.15, -0.1) is 0 Å². The predicted octanol–water partition coefficient (Wildman–Crippen LogP) is 5.17. The molecule has 0 spiro atoms. The zero-order chi connectivity index (χ0) is 21.8. The van der Waals surface area contributed by atoms with Crippen LogP contribution in [0.1, 0.15) is 19.4 Å². The lowest BCUT2D eigenvalue weighted by atomic mass is 10.1. The summed E-state index contributed by atoms with van der Waals surface area (Å²) in [4.78, 5) is 11.0. The second-order valence-corrected chi connectivity index (χ2v) is 7.57. The summed E-state index contributed by atoms with van der Waals surface area (Å²) >= 11 is 0. The minimum absolute atomic E-state index is 0.0647. The quantitative estimate of drug-likeness (QED) is 0.455. The van der Waals surface area contributed by atoms with Crippen molar-refractivity contribution in [2.24, 2.45) is 5.92 Å². The van der Waals surface area contributed by atoms with E-state index in [4.69, 9.17) is 0 Å². The number of hydrogen-bond acceptors (Lipinski definition) is 5. The molecular formula is C26H23N3O2. The molecule has 154 valence electrons. The van der Waals surface area contributed by atoms with Crippen molar-refractivity contribution in [2.45, 2.75) is 20.0 Å². The van der Waals surface area contributed by atoms with Crippen molar-refractivity contribution in [2.75, 3.05) is 4.90 Å². The number of phenolic OH excluding ortho intramolecular Hbond substituents is 1. The Kier molecular flexibility index (Phi) is 5.83. The molecule has 2 N–H and O–H groups in total. The summed E-state index contributed by atoms with van der Waals surface area (Å²) < 4.78 is 0. The van der Waals surface area contributed by atoms with Crippen LogP contribution in [0.25, 0.3) is 10.9 Å². The Bertz CT molecular complexity index is 1240. The normalized spacial score (nSPS) is 11.7. The minimum Gasteiger partial charge on any atom is -0.508 e. The summed E-state index contributed by atoms with van der Waals surface area (Å²) in [6.07, 6.45) is 0.863. The van der Waals surface area contributed by atoms with Crippen LogP contribution in [0, 0.1) is 17.8 Å². The molecule has 4 rings (SSSR count). The topological polar surface area (TPSA) is 69.5 Å². The lowest BCUT2D eigenvalue weighted by molar-refractivity contribution is 0.181. The molecule has 1 atom stereocenters. The van der Waals surface area contributed by atoms with E-state index in [1.165, 1.54) is 0 Å². The number of aliphatic hydroxyl groups is 1. The van der Waals surface area contributed by atoms with Crippen LogP contribution in [0.4, 0.5) is 17.2 Å². The Morgan fingerprint density at radius 2 is 1.58 bits per heavy atom. The number of benzene rings is 3. The molecule has 0 aliphatic heterocycles. The van der Waals surface area contributed by atoms with Crippen molar-refractivity contribution in [1.29, 1.82) is 0 Å². The maximum Gasteiger partial charge on any atom is 0.148 e. The van der Waals surface area contributed by atoms with Crippen LogP contribution in [0.2, 0.25) is 0 Å². The molecule has 3 aromatic carbocycles. The molecule has 0 amide bonds. The van der Waals surface area contributed by atoms with Gasteiger partial charge in [0.25, 0.3) is 0 Å². The second-order valence-electron chi connectivity index (χ2n) is 7.57. The van der Waals surface area contributed by atoms with Crippen LogP contribution in [0.5, 0.6) is 5.75 Å². The fourth-order valence-electron chi connectivity index (χ4n) is 3.20. The molecular weight excluding hydrogens is 386 g/mol. The highest BCUT2D eigenvalue weighted by Crippen LogP contribution is 2.37. The van der Waals surface area contributed by atoms with Gasteiger partial charge in [0.05, 0.1) is 5.52 Å². The Balaban J connectivity index is 1.88. The highest BCUT2D eigenvalue weighted by atomic mass is 16.3. The summed E-state index contributed by atoms with van der Waals surface area (Å²) in [5.74, 6) is 6.94. The van der Waals surface area contributed by atoms with Crippen LogP contribution in [0.15, 0.2) is 79.1 Å². The summed E-state index contributed by atoms with van der Waals surface area (Å²) in [5, 5.41) is 20.6. The zero-order valence-corrected chi connectivity index (χ0v) is 17.4. The SMILES string of the molecule is CC(C)C(O)C#Cc1ccc2ncnc(N(c3ccccc3)c3ccc(O)cc3)c2c1. The highest BCUT2D eigenvalue weighted by molar-refractivity contribution is 5.95. The van der Waals surface area contributed by atoms with Gasteiger partial charge in [0.2, 0.25) is 0 Å². The molecule has 5 heteroatoms. The van der Waals surface area contributed by atoms with Gasteiger partial charge in [-0.2, -0.15) is 0 Å². The van der Waals surface area contributed by atoms with Crippen molar-refractivity contribution in [3.63, 3.8) is 0 Å². The number of para-hydroxylation sites is 1. The molecule has 4 aromatic rings. The van der Waals surface area contributed by atoms with Gasteiger partial charge >= 0.3 is 0 Å². The number of fused-ring (bicyclic) bond motifs is 1. The minimum atomic E-state index is -0.681. The summed E-state index contributed by atoms with van der Waals surface area (Å²) in [7, 11) is 0. The van der Waals surface area contributed by atoms with E-state index >= 15 is 0 Å². The van der Waals surface area contributed by atoms with Gasteiger partial charge in [-0.25, -0.2) is 9.97 Å². The van der Waals surface area contributed by atoms with Crippen LogP contribution in [-0.2, 0) is 0 Å². The first-order valence-electron chi connectivity index (χ1n) is 10.1. The first-order chi connectivity index (χ1) is 15.0. The van der Waals surface area contributed by atoms with Gasteiger partial charge in [0, 0.05) is 22.3 Å². The number of aromatic nitrogens is 2. The molecule has 1 heterocycles. The Morgan fingerprint density at radius 1 is 0.871 bits per heavy atom. The Hall–Kier alpha value is -3.88. The van der Waals surface area contributed by atoms with Crippen LogP contribution >= 0.6 is 0 Å². The van der Waals surface area contributed by atoms with Crippen molar-refractivity contribution in [3.05, 3.63) is 84.7 Å². The number of aromatic hydroxyl groups is 1. The van der Waals surface area contributed by atoms with Gasteiger partial charge in [0.15, 0.2) is 0 Å². The fourth-order valence-corrected chi connectivity index (χ4v) is 3.20. The number of rotatable bonds is 4. The van der Waals surface area contributed by atoms with E-state index in [2.05, 4.69) is 21.8 Å². The molecule has 1 aromatic heterocycles. The second kappa shape index (κ2) is 8.86. The molecule has 31 heavy (non-hydrogen) atoms. The van der Waals surface area contributed by atoms with Gasteiger partial charge in [0.1, 0.15) is 24.0 Å². The van der Waals surface area contributed by atoms with Gasteiger partial charge in [-0.05, 0) is 60.5 Å². The lowest BCUT2D eigenvalue weighted by Gasteiger charge is -2.25. The summed E-state index contributed by atoms with van der Waals surface area (Å²) in [6.45, 7) is 3.86.